The zero-order chi connectivity index (χ0) is 49.7. The van der Waals surface area contributed by atoms with Gasteiger partial charge in [-0.25, -0.2) is 4.57 Å². The van der Waals surface area contributed by atoms with E-state index in [0.29, 0.717) is 32.1 Å². The maximum Gasteiger partial charge on any atom is 0.472 e. The Morgan fingerprint density at radius 2 is 1.19 bits per heavy atom. The second kappa shape index (κ2) is 38.2. The van der Waals surface area contributed by atoms with Gasteiger partial charge in [0.1, 0.15) is 12.1 Å². The number of nitrogens with one attached hydrogen (secondary N) is 4. The van der Waals surface area contributed by atoms with Gasteiger partial charge < -0.3 is 30.6 Å². The van der Waals surface area contributed by atoms with Crippen LogP contribution in [0.15, 0.2) is 30.5 Å². The van der Waals surface area contributed by atoms with E-state index in [4.69, 9.17) is 13.8 Å². The summed E-state index contributed by atoms with van der Waals surface area (Å²) in [5, 5.41) is 9.14. The minimum Gasteiger partial charge on any atom is -0.466 e. The summed E-state index contributed by atoms with van der Waals surface area (Å²) in [4.78, 5) is 78.6. The van der Waals surface area contributed by atoms with Gasteiger partial charge in [-0.15, -0.1) is 0 Å². The topological polar surface area (TPSA) is 202 Å². The zero-order valence-electron chi connectivity index (χ0n) is 42.5. The Bertz CT molecular complexity index is 1740. The number of carbonyl (C=O) groups excluding carboxylic acids is 5. The van der Waals surface area contributed by atoms with E-state index in [9.17, 15) is 33.4 Å². The Labute approximate surface area is 409 Å². The first kappa shape index (κ1) is 60.5. The molecule has 4 atom stereocenters. The highest BCUT2D eigenvalue weighted by atomic mass is 31.2. The summed E-state index contributed by atoms with van der Waals surface area (Å²) in [5.74, 6) is -1.95. The molecule has 0 aliphatic rings. The fourth-order valence-electron chi connectivity index (χ4n) is 8.23. The van der Waals surface area contributed by atoms with Gasteiger partial charge in [0.2, 0.25) is 17.7 Å². The van der Waals surface area contributed by atoms with Gasteiger partial charge in [0.25, 0.3) is 0 Å². The predicted molar refractivity (Wildman–Crippen MR) is 272 cm³/mol. The van der Waals surface area contributed by atoms with Crippen molar-refractivity contribution in [3.63, 3.8) is 0 Å². The first-order valence-electron chi connectivity index (χ1n) is 26.6. The number of unbranched alkanes of at least 4 members (excludes halogenated alkanes) is 21. The molecule has 388 valence electrons. The van der Waals surface area contributed by atoms with Gasteiger partial charge in [0.15, 0.2) is 5.78 Å². The Morgan fingerprint density at radius 1 is 0.647 bits per heavy atom. The van der Waals surface area contributed by atoms with Gasteiger partial charge in [-0.1, -0.05) is 181 Å². The van der Waals surface area contributed by atoms with Crippen molar-refractivity contribution in [3.05, 3.63) is 36.0 Å². The zero-order valence-corrected chi connectivity index (χ0v) is 43.4. The highest BCUT2D eigenvalue weighted by Gasteiger charge is 2.29. The quantitative estimate of drug-likeness (QED) is 0.0242. The van der Waals surface area contributed by atoms with Crippen LogP contribution in [0.25, 0.3) is 10.9 Å². The summed E-state index contributed by atoms with van der Waals surface area (Å²) in [6.07, 6.45) is 29.8. The number of hydrogen-bond donors (Lipinski definition) is 5. The second-order valence-corrected chi connectivity index (χ2v) is 20.1. The van der Waals surface area contributed by atoms with E-state index in [2.05, 4.69) is 34.8 Å². The van der Waals surface area contributed by atoms with E-state index in [-0.39, 0.29) is 61.9 Å². The summed E-state index contributed by atoms with van der Waals surface area (Å²) < 4.78 is 28.7. The van der Waals surface area contributed by atoms with Crippen LogP contribution in [-0.4, -0.2) is 77.8 Å². The first-order valence-corrected chi connectivity index (χ1v) is 28.1. The van der Waals surface area contributed by atoms with E-state index in [1.807, 2.05) is 38.1 Å². The van der Waals surface area contributed by atoms with Crippen LogP contribution in [0, 0.1) is 5.92 Å². The number of Topliss-reactive ketones (excluding diaryl/α,β-unsaturated/α-hetero) is 1. The molecule has 2 unspecified atom stereocenters. The van der Waals surface area contributed by atoms with Crippen molar-refractivity contribution < 1.29 is 47.2 Å². The fraction of sp³-hybridized carbons (Fsp3) is 0.755. The van der Waals surface area contributed by atoms with Crippen LogP contribution in [0.2, 0.25) is 0 Å². The number of benzene rings is 1. The fourth-order valence-corrected chi connectivity index (χ4v) is 8.96. The van der Waals surface area contributed by atoms with Crippen LogP contribution in [0.3, 0.4) is 0 Å². The van der Waals surface area contributed by atoms with Gasteiger partial charge in [-0.3, -0.25) is 33.0 Å². The van der Waals surface area contributed by atoms with Gasteiger partial charge >= 0.3 is 13.8 Å². The van der Waals surface area contributed by atoms with Crippen LogP contribution >= 0.6 is 7.82 Å². The Balaban J connectivity index is 1.78. The maximum atomic E-state index is 13.4. The summed E-state index contributed by atoms with van der Waals surface area (Å²) in [5.41, 5.74) is 1.72. The number of carbonyl (C=O) groups is 5. The van der Waals surface area contributed by atoms with Gasteiger partial charge in [0.05, 0.1) is 26.2 Å². The SMILES string of the molecule is CCCCCCCCCCCCCCCC(=O)OCCCCC(=O)C(COP(=O)(O)OCCNC(=O)[C@@H](NC(=O)Cc1c[nH]c2ccccc12)[C@@H](C)CC)NC(=O)CCCCCCCCCCC. The van der Waals surface area contributed by atoms with Crippen LogP contribution in [-0.2, 0) is 48.7 Å². The molecule has 68 heavy (non-hydrogen) atoms. The number of aromatic amines is 1. The van der Waals surface area contributed by atoms with Crippen molar-refractivity contribution >= 4 is 48.2 Å². The lowest BCUT2D eigenvalue weighted by Gasteiger charge is -2.24. The van der Waals surface area contributed by atoms with Crippen molar-refractivity contribution in [1.29, 1.82) is 0 Å². The lowest BCUT2D eigenvalue weighted by molar-refractivity contribution is -0.144. The van der Waals surface area contributed by atoms with E-state index >= 15 is 0 Å². The molecule has 3 amide bonds. The minimum absolute atomic E-state index is 0.0427. The summed E-state index contributed by atoms with van der Waals surface area (Å²) >= 11 is 0. The standard InChI is InChI=1S/C53H91N4O10P/c1-5-8-10-12-14-16-17-18-19-21-23-25-27-36-51(61)65-38-31-30-34-48(58)47(56-49(59)35-26-24-22-20-15-13-11-9-6-2)42-67-68(63,64)66-39-37-54-53(62)52(43(4)7-3)57-50(60)40-44-41-55-46-33-29-28-32-45(44)46/h28-29,32-33,41,43,47,52,55H,5-27,30-31,34-40,42H2,1-4H3,(H,54,62)(H,56,59)(H,57,60)(H,63,64)/t43-,47?,52-/m0/s1. The monoisotopic (exact) mass is 975 g/mol. The number of phosphoric ester groups is 1. The number of aromatic nitrogens is 1. The average Bonchev–Trinajstić information content (AvgIpc) is 3.73. The number of H-pyrrole nitrogens is 1. The molecule has 0 aliphatic carbocycles. The number of fused-ring (bicyclic) bond motifs is 1. The van der Waals surface area contributed by atoms with Crippen molar-refractivity contribution in [2.75, 3.05) is 26.4 Å². The lowest BCUT2D eigenvalue weighted by Crippen LogP contribution is -2.51. The highest BCUT2D eigenvalue weighted by molar-refractivity contribution is 7.47. The number of esters is 1. The van der Waals surface area contributed by atoms with E-state index in [0.717, 1.165) is 55.0 Å². The molecule has 0 spiro atoms. The van der Waals surface area contributed by atoms with Crippen molar-refractivity contribution in [2.45, 2.75) is 226 Å². The lowest BCUT2D eigenvalue weighted by atomic mass is 9.98. The molecular weight excluding hydrogens is 884 g/mol. The number of amides is 3. The molecule has 5 N–H and O–H groups in total. The van der Waals surface area contributed by atoms with E-state index in [1.54, 1.807) is 6.20 Å². The van der Waals surface area contributed by atoms with Crippen molar-refractivity contribution in [3.8, 4) is 0 Å². The van der Waals surface area contributed by atoms with Crippen LogP contribution in [0.1, 0.15) is 213 Å². The normalized spacial score (nSPS) is 13.7. The number of para-hydroxylation sites is 1. The third kappa shape index (κ3) is 28.8. The third-order valence-corrected chi connectivity index (χ3v) is 13.7. The van der Waals surface area contributed by atoms with Crippen LogP contribution < -0.4 is 16.0 Å². The maximum absolute atomic E-state index is 13.4. The van der Waals surface area contributed by atoms with E-state index in [1.165, 1.54) is 96.3 Å². The predicted octanol–water partition coefficient (Wildman–Crippen LogP) is 11.7. The molecule has 14 nitrogen and oxygen atoms in total. The first-order chi connectivity index (χ1) is 32.9. The van der Waals surface area contributed by atoms with Crippen LogP contribution in [0.5, 0.6) is 0 Å². The molecule has 1 aromatic heterocycles. The number of ketones is 1. The third-order valence-electron chi connectivity index (χ3n) is 12.7. The van der Waals surface area contributed by atoms with Gasteiger partial charge in [0, 0.05) is 42.9 Å². The molecule has 1 aromatic carbocycles. The molecule has 0 bridgehead atoms. The molecule has 2 rings (SSSR count). The largest absolute Gasteiger partial charge is 0.472 e. The summed E-state index contributed by atoms with van der Waals surface area (Å²) in [7, 11) is -4.72. The smallest absolute Gasteiger partial charge is 0.466 e. The van der Waals surface area contributed by atoms with Crippen molar-refractivity contribution in [2.24, 2.45) is 5.92 Å². The van der Waals surface area contributed by atoms with Gasteiger partial charge in [-0.05, 0) is 43.2 Å². The average molecular weight is 975 g/mol. The summed E-state index contributed by atoms with van der Waals surface area (Å²) in [6, 6.07) is 5.61. The molecule has 0 saturated heterocycles. The molecular formula is C53H91N4O10P. The van der Waals surface area contributed by atoms with E-state index < -0.39 is 39.0 Å². The number of rotatable bonds is 44. The van der Waals surface area contributed by atoms with Crippen LogP contribution in [0.4, 0.5) is 0 Å². The van der Waals surface area contributed by atoms with Crippen molar-refractivity contribution in [1.82, 2.24) is 20.9 Å². The molecule has 15 heteroatoms. The molecule has 0 fully saturated rings. The second-order valence-electron chi connectivity index (χ2n) is 18.7. The highest BCUT2D eigenvalue weighted by Crippen LogP contribution is 2.43. The molecule has 1 heterocycles. The number of phosphoric acid groups is 1. The number of ether oxygens (including phenoxy) is 1. The Kier molecular flexibility index (Phi) is 34.0. The Hall–Kier alpha value is -3.58. The molecule has 0 aliphatic heterocycles. The number of hydrogen-bond acceptors (Lipinski definition) is 9. The molecule has 2 aromatic rings. The van der Waals surface area contributed by atoms with Gasteiger partial charge in [-0.2, -0.15) is 0 Å². The Morgan fingerprint density at radius 3 is 1.78 bits per heavy atom. The summed E-state index contributed by atoms with van der Waals surface area (Å²) in [6.45, 7) is 7.26. The molecule has 0 saturated carbocycles. The molecule has 0 radical (unpaired) electrons. The minimum atomic E-state index is -4.72.